The van der Waals surface area contributed by atoms with Crippen molar-refractivity contribution in [1.82, 2.24) is 9.71 Å². The largest absolute Gasteiger partial charge is 0.417 e. The highest BCUT2D eigenvalue weighted by atomic mass is 35.5. The summed E-state index contributed by atoms with van der Waals surface area (Å²) in [6, 6.07) is 3.71. The Labute approximate surface area is 171 Å². The number of pyridine rings is 1. The van der Waals surface area contributed by atoms with Crippen LogP contribution in [0.2, 0.25) is 10.0 Å². The van der Waals surface area contributed by atoms with E-state index < -0.39 is 37.3 Å². The summed E-state index contributed by atoms with van der Waals surface area (Å²) in [5.74, 6) is 0.0872. The van der Waals surface area contributed by atoms with Crippen LogP contribution in [0, 0.1) is 10.1 Å². The highest BCUT2D eigenvalue weighted by Crippen LogP contribution is 2.33. The molecule has 0 spiro atoms. The Hall–Kier alpha value is -1.60. The molecule has 0 aliphatic carbocycles. The number of nitrogens with one attached hydrogen (secondary N) is 1. The minimum atomic E-state index is -4.58. The fourth-order valence-corrected chi connectivity index (χ4v) is 4.63. The lowest BCUT2D eigenvalue weighted by atomic mass is 10.3. The van der Waals surface area contributed by atoms with Gasteiger partial charge in [-0.3, -0.25) is 10.1 Å². The van der Waals surface area contributed by atoms with Crippen molar-refractivity contribution in [2.75, 3.05) is 12.3 Å². The molecule has 0 radical (unpaired) electrons. The van der Waals surface area contributed by atoms with Gasteiger partial charge in [-0.25, -0.2) is 18.1 Å². The summed E-state index contributed by atoms with van der Waals surface area (Å²) in [6.07, 6.45) is -3.95. The molecule has 2 rings (SSSR count). The summed E-state index contributed by atoms with van der Waals surface area (Å²) in [5, 5.41) is 10.5. The van der Waals surface area contributed by atoms with Crippen molar-refractivity contribution in [1.29, 1.82) is 0 Å². The zero-order valence-electron chi connectivity index (χ0n) is 13.5. The highest BCUT2D eigenvalue weighted by Gasteiger charge is 2.31. The fourth-order valence-electron chi connectivity index (χ4n) is 1.90. The number of rotatable bonds is 7. The van der Waals surface area contributed by atoms with Crippen molar-refractivity contribution in [3.05, 3.63) is 56.2 Å². The van der Waals surface area contributed by atoms with Crippen LogP contribution in [0.5, 0.6) is 0 Å². The Balaban J connectivity index is 2.02. The molecule has 1 aromatic heterocycles. The third kappa shape index (κ3) is 5.70. The second-order valence-electron chi connectivity index (χ2n) is 5.13. The monoisotopic (exact) mass is 475 g/mol. The first-order chi connectivity index (χ1) is 12.9. The van der Waals surface area contributed by atoms with Crippen LogP contribution >= 0.6 is 35.0 Å². The van der Waals surface area contributed by atoms with Crippen LogP contribution in [0.1, 0.15) is 5.56 Å². The number of alkyl halides is 3. The standard InChI is InChI=1S/C14H10Cl2F3N3O4S2/c15-10-2-1-9(22(23)24)6-12(10)28(25,26)21-3-4-27-13-11(16)5-8(7-20-13)14(17,18)19/h1-2,5-7,21H,3-4H2. The fraction of sp³-hybridized carbons (Fsp3) is 0.214. The molecule has 1 aromatic carbocycles. The van der Waals surface area contributed by atoms with Crippen molar-refractivity contribution < 1.29 is 26.5 Å². The molecule has 0 saturated carbocycles. The van der Waals surface area contributed by atoms with Gasteiger partial charge in [0.2, 0.25) is 10.0 Å². The Morgan fingerprint density at radius 2 is 1.89 bits per heavy atom. The maximum Gasteiger partial charge on any atom is 0.417 e. The first-order valence-electron chi connectivity index (χ1n) is 7.21. The van der Waals surface area contributed by atoms with E-state index in [1.807, 2.05) is 0 Å². The second kappa shape index (κ2) is 8.82. The van der Waals surface area contributed by atoms with Crippen molar-refractivity contribution in [3.8, 4) is 0 Å². The molecule has 14 heteroatoms. The average Bonchev–Trinajstić information content (AvgIpc) is 2.58. The molecule has 0 amide bonds. The van der Waals surface area contributed by atoms with Gasteiger partial charge < -0.3 is 0 Å². The maximum absolute atomic E-state index is 12.6. The van der Waals surface area contributed by atoms with E-state index in [1.54, 1.807) is 0 Å². The molecule has 152 valence electrons. The number of thioether (sulfide) groups is 1. The number of hydrogen-bond donors (Lipinski definition) is 1. The van der Waals surface area contributed by atoms with Gasteiger partial charge in [0.25, 0.3) is 5.69 Å². The van der Waals surface area contributed by atoms with Gasteiger partial charge in [0, 0.05) is 30.6 Å². The Bertz CT molecular complexity index is 1000. The number of sulfonamides is 1. The number of nitro groups is 1. The Kier molecular flexibility index (Phi) is 7.15. The van der Waals surface area contributed by atoms with Crippen molar-refractivity contribution >= 4 is 50.7 Å². The van der Waals surface area contributed by atoms with Crippen molar-refractivity contribution in [2.24, 2.45) is 0 Å². The van der Waals surface area contributed by atoms with E-state index in [0.717, 1.165) is 36.0 Å². The molecular weight excluding hydrogens is 466 g/mol. The minimum Gasteiger partial charge on any atom is -0.258 e. The number of halogens is 5. The second-order valence-corrected chi connectivity index (χ2v) is 8.76. The molecule has 1 N–H and O–H groups in total. The molecule has 2 aromatic rings. The van der Waals surface area contributed by atoms with E-state index in [2.05, 4.69) is 9.71 Å². The van der Waals surface area contributed by atoms with E-state index >= 15 is 0 Å². The average molecular weight is 476 g/mol. The summed E-state index contributed by atoms with van der Waals surface area (Å²) in [6.45, 7) is -0.148. The molecule has 0 atom stereocenters. The predicted molar refractivity (Wildman–Crippen MR) is 98.3 cm³/mol. The van der Waals surface area contributed by atoms with Crippen molar-refractivity contribution in [3.63, 3.8) is 0 Å². The normalized spacial score (nSPS) is 12.2. The van der Waals surface area contributed by atoms with Gasteiger partial charge in [-0.1, -0.05) is 23.2 Å². The van der Waals surface area contributed by atoms with Gasteiger partial charge in [-0.2, -0.15) is 13.2 Å². The van der Waals surface area contributed by atoms with E-state index in [0.29, 0.717) is 6.20 Å². The highest BCUT2D eigenvalue weighted by molar-refractivity contribution is 7.99. The molecule has 7 nitrogen and oxygen atoms in total. The maximum atomic E-state index is 12.6. The summed E-state index contributed by atoms with van der Waals surface area (Å²) >= 11 is 12.5. The number of nitro benzene ring substituents is 1. The number of nitrogens with zero attached hydrogens (tertiary/aromatic N) is 2. The zero-order chi connectivity index (χ0) is 21.1. The molecule has 0 aliphatic heterocycles. The van der Waals surface area contributed by atoms with Gasteiger partial charge in [-0.05, 0) is 12.1 Å². The summed E-state index contributed by atoms with van der Waals surface area (Å²) in [5.41, 5.74) is -1.44. The first-order valence-corrected chi connectivity index (χ1v) is 10.4. The van der Waals surface area contributed by atoms with Gasteiger partial charge >= 0.3 is 6.18 Å². The topological polar surface area (TPSA) is 102 Å². The number of benzene rings is 1. The lowest BCUT2D eigenvalue weighted by Gasteiger charge is -2.10. The van der Waals surface area contributed by atoms with E-state index in [9.17, 15) is 31.7 Å². The molecule has 0 bridgehead atoms. The van der Waals surface area contributed by atoms with E-state index in [1.165, 1.54) is 0 Å². The lowest BCUT2D eigenvalue weighted by molar-refractivity contribution is -0.385. The number of aromatic nitrogens is 1. The summed E-state index contributed by atoms with van der Waals surface area (Å²) in [7, 11) is -4.14. The number of non-ortho nitro benzene ring substituents is 1. The third-order valence-corrected chi connectivity index (χ3v) is 6.53. The molecule has 0 unspecified atom stereocenters. The van der Waals surface area contributed by atoms with Crippen molar-refractivity contribution in [2.45, 2.75) is 16.1 Å². The van der Waals surface area contributed by atoms with Gasteiger partial charge in [-0.15, -0.1) is 11.8 Å². The van der Waals surface area contributed by atoms with Crippen LogP contribution in [0.25, 0.3) is 0 Å². The van der Waals surface area contributed by atoms with Crippen LogP contribution < -0.4 is 4.72 Å². The third-order valence-electron chi connectivity index (χ3n) is 3.18. The van der Waals surface area contributed by atoms with Gasteiger partial charge in [0.1, 0.15) is 9.92 Å². The SMILES string of the molecule is O=[N+]([O-])c1ccc(Cl)c(S(=O)(=O)NCCSc2ncc(C(F)(F)F)cc2Cl)c1. The smallest absolute Gasteiger partial charge is 0.258 e. The Morgan fingerprint density at radius 3 is 2.46 bits per heavy atom. The summed E-state index contributed by atoms with van der Waals surface area (Å²) in [4.78, 5) is 13.2. The van der Waals surface area contributed by atoms with Crippen LogP contribution in [0.4, 0.5) is 18.9 Å². The minimum absolute atomic E-state index is 0.0872. The molecule has 0 saturated heterocycles. The molecule has 1 heterocycles. The van der Waals surface area contributed by atoms with Crippen LogP contribution in [-0.4, -0.2) is 30.6 Å². The zero-order valence-corrected chi connectivity index (χ0v) is 16.7. The quantitative estimate of drug-likeness (QED) is 0.275. The molecule has 0 fully saturated rings. The predicted octanol–water partition coefficient (Wildman–Crippen LogP) is 4.39. The van der Waals surface area contributed by atoms with Crippen LogP contribution in [0.15, 0.2) is 40.4 Å². The van der Waals surface area contributed by atoms with E-state index in [4.69, 9.17) is 23.2 Å². The Morgan fingerprint density at radius 1 is 1.21 bits per heavy atom. The number of hydrogen-bond acceptors (Lipinski definition) is 6. The first kappa shape index (κ1) is 22.7. The molecular formula is C14H10Cl2F3N3O4S2. The van der Waals surface area contributed by atoms with E-state index in [-0.39, 0.29) is 27.4 Å². The molecule has 0 aliphatic rings. The van der Waals surface area contributed by atoms with Crippen LogP contribution in [0.3, 0.4) is 0 Å². The van der Waals surface area contributed by atoms with Gasteiger partial charge in [0.15, 0.2) is 0 Å². The van der Waals surface area contributed by atoms with Gasteiger partial charge in [0.05, 0.1) is 20.5 Å². The molecule has 28 heavy (non-hydrogen) atoms. The van der Waals surface area contributed by atoms with Crippen LogP contribution in [-0.2, 0) is 16.2 Å². The lowest BCUT2D eigenvalue weighted by Crippen LogP contribution is -2.26. The summed E-state index contributed by atoms with van der Waals surface area (Å²) < 4.78 is 64.5.